The van der Waals surface area contributed by atoms with Crippen molar-refractivity contribution in [2.45, 2.75) is 45.8 Å². The first kappa shape index (κ1) is 21.8. The van der Waals surface area contributed by atoms with Gasteiger partial charge >= 0.3 is 11.9 Å². The van der Waals surface area contributed by atoms with E-state index in [0.717, 1.165) is 12.5 Å². The van der Waals surface area contributed by atoms with Crippen LogP contribution < -0.4 is 10.2 Å². The number of carboxylic acid groups (broad SMARTS) is 1. The molecule has 2 atom stereocenters. The summed E-state index contributed by atoms with van der Waals surface area (Å²) < 4.78 is 10.9. The lowest BCUT2D eigenvalue weighted by Crippen LogP contribution is -2.68. The Morgan fingerprint density at radius 3 is 2.57 bits per heavy atom. The van der Waals surface area contributed by atoms with Gasteiger partial charge in [-0.15, -0.1) is 0 Å². The highest BCUT2D eigenvalue weighted by Crippen LogP contribution is 2.41. The minimum Gasteiger partial charge on any atom is -0.478 e. The van der Waals surface area contributed by atoms with Crippen LogP contribution in [-0.4, -0.2) is 60.3 Å². The molecule has 162 valence electrons. The van der Waals surface area contributed by atoms with Crippen LogP contribution in [0.4, 0.5) is 5.69 Å². The van der Waals surface area contributed by atoms with E-state index in [-0.39, 0.29) is 19.1 Å². The predicted octanol–water partition coefficient (Wildman–Crippen LogP) is 1.14. The number of carbonyl (C=O) groups is 4. The van der Waals surface area contributed by atoms with E-state index >= 15 is 0 Å². The Hall–Kier alpha value is -2.94. The van der Waals surface area contributed by atoms with Crippen molar-refractivity contribution in [3.05, 3.63) is 29.3 Å². The topological polar surface area (TPSA) is 122 Å². The molecule has 0 spiro atoms. The fourth-order valence-corrected chi connectivity index (χ4v) is 4.02. The van der Waals surface area contributed by atoms with Gasteiger partial charge in [0, 0.05) is 36.7 Å². The van der Waals surface area contributed by atoms with Gasteiger partial charge in [-0.3, -0.25) is 14.4 Å². The number of fused-ring (bicyclic) bond motifs is 1. The average molecular weight is 418 g/mol. The van der Waals surface area contributed by atoms with Crippen LogP contribution in [0.3, 0.4) is 0 Å². The second-order valence-electron chi connectivity index (χ2n) is 8.47. The monoisotopic (exact) mass is 418 g/mol. The molecule has 2 aliphatic heterocycles. The number of ether oxygens (including phenoxy) is 2. The van der Waals surface area contributed by atoms with E-state index in [1.165, 1.54) is 4.90 Å². The molecule has 2 N–H and O–H groups in total. The average Bonchev–Trinajstić information content (AvgIpc) is 2.65. The van der Waals surface area contributed by atoms with Gasteiger partial charge in [-0.2, -0.15) is 0 Å². The second-order valence-corrected chi connectivity index (χ2v) is 8.47. The summed E-state index contributed by atoms with van der Waals surface area (Å²) in [5.74, 6) is -3.05. The van der Waals surface area contributed by atoms with Crippen molar-refractivity contribution < 1.29 is 33.8 Å². The summed E-state index contributed by atoms with van der Waals surface area (Å²) in [5, 5.41) is 12.8. The Kier molecular flexibility index (Phi) is 5.60. The molecule has 30 heavy (non-hydrogen) atoms. The lowest BCUT2D eigenvalue weighted by Gasteiger charge is -2.46. The van der Waals surface area contributed by atoms with Gasteiger partial charge in [0.05, 0.1) is 6.61 Å². The van der Waals surface area contributed by atoms with Crippen molar-refractivity contribution in [3.8, 4) is 0 Å². The molecular weight excluding hydrogens is 392 g/mol. The maximum Gasteiger partial charge on any atom is 0.352 e. The molecule has 1 aromatic carbocycles. The SMILES string of the molecule is CC(=O)O[C@@](C(=O)O)([C@H]1OCCN(c2ccc3c(c2)CCNC3=O)C1=O)C(C)(C)C. The standard InChI is InChI=1S/C21H26N2O7/c1-12(24)30-21(19(27)28,20(2,3)4)16-18(26)23(9-10-29-16)14-5-6-15-13(11-14)7-8-22-17(15)25/h5-6,11,16H,7-10H2,1-4H3,(H,22,25)(H,27,28)/t16-,21+/m0/s1. The molecule has 1 aromatic rings. The highest BCUT2D eigenvalue weighted by Gasteiger charge is 2.63. The lowest BCUT2D eigenvalue weighted by molar-refractivity contribution is -0.218. The number of carbonyl (C=O) groups excluding carboxylic acids is 3. The first-order valence-electron chi connectivity index (χ1n) is 9.76. The van der Waals surface area contributed by atoms with Gasteiger partial charge in [0.25, 0.3) is 11.8 Å². The lowest BCUT2D eigenvalue weighted by atomic mass is 9.71. The Morgan fingerprint density at radius 2 is 1.97 bits per heavy atom. The van der Waals surface area contributed by atoms with Gasteiger partial charge in [-0.25, -0.2) is 4.79 Å². The molecular formula is C21H26N2O7. The van der Waals surface area contributed by atoms with E-state index in [1.54, 1.807) is 39.0 Å². The zero-order valence-electron chi connectivity index (χ0n) is 17.5. The molecule has 2 heterocycles. The van der Waals surface area contributed by atoms with Crippen molar-refractivity contribution in [2.75, 3.05) is 24.6 Å². The summed E-state index contributed by atoms with van der Waals surface area (Å²) in [5.41, 5.74) is -1.44. The quantitative estimate of drug-likeness (QED) is 0.703. The normalized spacial score (nSPS) is 21.3. The fraction of sp³-hybridized carbons (Fsp3) is 0.524. The Bertz CT molecular complexity index is 905. The number of benzene rings is 1. The summed E-state index contributed by atoms with van der Waals surface area (Å²) in [6, 6.07) is 5.06. The molecule has 0 saturated carbocycles. The minimum atomic E-state index is -2.21. The van der Waals surface area contributed by atoms with Crippen LogP contribution in [0, 0.1) is 5.41 Å². The van der Waals surface area contributed by atoms with Crippen LogP contribution in [0.15, 0.2) is 18.2 Å². The third-order valence-electron chi connectivity index (χ3n) is 5.52. The molecule has 2 amide bonds. The smallest absolute Gasteiger partial charge is 0.352 e. The molecule has 1 saturated heterocycles. The number of carboxylic acids is 1. The van der Waals surface area contributed by atoms with E-state index < -0.39 is 35.0 Å². The summed E-state index contributed by atoms with van der Waals surface area (Å²) in [4.78, 5) is 51.0. The van der Waals surface area contributed by atoms with Crippen molar-refractivity contribution >= 4 is 29.4 Å². The van der Waals surface area contributed by atoms with E-state index in [0.29, 0.717) is 24.2 Å². The molecule has 0 unspecified atom stereocenters. The number of esters is 1. The number of hydrogen-bond acceptors (Lipinski definition) is 6. The number of rotatable bonds is 4. The highest BCUT2D eigenvalue weighted by atomic mass is 16.6. The number of hydrogen-bond donors (Lipinski definition) is 2. The van der Waals surface area contributed by atoms with Crippen molar-refractivity contribution in [1.29, 1.82) is 0 Å². The fourth-order valence-electron chi connectivity index (χ4n) is 4.02. The molecule has 9 nitrogen and oxygen atoms in total. The van der Waals surface area contributed by atoms with E-state index in [2.05, 4.69) is 5.32 Å². The third kappa shape index (κ3) is 3.54. The number of nitrogens with zero attached hydrogens (tertiary/aromatic N) is 1. The second kappa shape index (κ2) is 7.71. The minimum absolute atomic E-state index is 0.0698. The van der Waals surface area contributed by atoms with Crippen LogP contribution in [-0.2, 0) is 30.3 Å². The van der Waals surface area contributed by atoms with Crippen molar-refractivity contribution in [1.82, 2.24) is 5.32 Å². The maximum absolute atomic E-state index is 13.4. The van der Waals surface area contributed by atoms with Crippen molar-refractivity contribution in [3.63, 3.8) is 0 Å². The molecule has 0 aromatic heterocycles. The molecule has 0 bridgehead atoms. The van der Waals surface area contributed by atoms with E-state index in [1.807, 2.05) is 0 Å². The van der Waals surface area contributed by atoms with Crippen LogP contribution in [0.25, 0.3) is 0 Å². The Labute approximate surface area is 174 Å². The summed E-state index contributed by atoms with van der Waals surface area (Å²) >= 11 is 0. The summed E-state index contributed by atoms with van der Waals surface area (Å²) in [6.07, 6.45) is -0.891. The number of aliphatic carboxylic acids is 1. The first-order valence-corrected chi connectivity index (χ1v) is 9.76. The van der Waals surface area contributed by atoms with Gasteiger partial charge in [0.2, 0.25) is 5.60 Å². The predicted molar refractivity (Wildman–Crippen MR) is 106 cm³/mol. The number of anilines is 1. The Balaban J connectivity index is 2.02. The van der Waals surface area contributed by atoms with Gasteiger partial charge in [-0.1, -0.05) is 20.8 Å². The van der Waals surface area contributed by atoms with E-state index in [4.69, 9.17) is 9.47 Å². The molecule has 2 aliphatic rings. The molecule has 3 rings (SSSR count). The first-order chi connectivity index (χ1) is 14.0. The largest absolute Gasteiger partial charge is 0.478 e. The Morgan fingerprint density at radius 1 is 1.27 bits per heavy atom. The van der Waals surface area contributed by atoms with Crippen molar-refractivity contribution in [2.24, 2.45) is 5.41 Å². The highest BCUT2D eigenvalue weighted by molar-refractivity contribution is 6.03. The van der Waals surface area contributed by atoms with Gasteiger partial charge < -0.3 is 24.8 Å². The maximum atomic E-state index is 13.4. The van der Waals surface area contributed by atoms with Gasteiger partial charge in [0.1, 0.15) is 0 Å². The van der Waals surface area contributed by atoms with Crippen LogP contribution >= 0.6 is 0 Å². The van der Waals surface area contributed by atoms with Crippen LogP contribution in [0.1, 0.15) is 43.6 Å². The summed E-state index contributed by atoms with van der Waals surface area (Å²) in [7, 11) is 0. The molecule has 0 radical (unpaired) electrons. The van der Waals surface area contributed by atoms with Crippen LogP contribution in [0.2, 0.25) is 0 Å². The zero-order chi connectivity index (χ0) is 22.3. The molecule has 0 aliphatic carbocycles. The number of morpholine rings is 1. The van der Waals surface area contributed by atoms with Crippen LogP contribution in [0.5, 0.6) is 0 Å². The summed E-state index contributed by atoms with van der Waals surface area (Å²) in [6.45, 7) is 6.63. The number of nitrogens with one attached hydrogen (secondary N) is 1. The molecule has 1 fully saturated rings. The third-order valence-corrected chi connectivity index (χ3v) is 5.52. The molecule has 9 heteroatoms. The zero-order valence-corrected chi connectivity index (χ0v) is 17.5. The number of amides is 2. The van der Waals surface area contributed by atoms with E-state index in [9.17, 15) is 24.3 Å². The van der Waals surface area contributed by atoms with Gasteiger partial charge in [0.15, 0.2) is 6.10 Å². The van der Waals surface area contributed by atoms with Gasteiger partial charge in [-0.05, 0) is 30.2 Å².